The van der Waals surface area contributed by atoms with E-state index in [0.717, 1.165) is 12.3 Å². The first kappa shape index (κ1) is 24.6. The highest BCUT2D eigenvalue weighted by Crippen LogP contribution is 2.31. The number of nitrogens with zero attached hydrogens (tertiary/aromatic N) is 3. The molecule has 3 heterocycles. The maximum Gasteiger partial charge on any atom is 0.410 e. The van der Waals surface area contributed by atoms with Crippen LogP contribution >= 0.6 is 0 Å². The number of sulfone groups is 1. The number of hydrogen-bond donors (Lipinski definition) is 0. The normalized spacial score (nSPS) is 23.1. The van der Waals surface area contributed by atoms with Gasteiger partial charge >= 0.3 is 6.09 Å². The first-order valence-corrected chi connectivity index (χ1v) is 12.8. The van der Waals surface area contributed by atoms with Crippen molar-refractivity contribution >= 4 is 15.9 Å². The van der Waals surface area contributed by atoms with Crippen molar-refractivity contribution in [3.63, 3.8) is 0 Å². The molecule has 186 valence electrons. The van der Waals surface area contributed by atoms with Gasteiger partial charge in [-0.15, -0.1) is 0 Å². The molecule has 2 aliphatic rings. The Balaban J connectivity index is 1.37. The zero-order chi connectivity index (χ0) is 24.7. The topological polar surface area (TPSA) is 121 Å². The van der Waals surface area contributed by atoms with Gasteiger partial charge in [-0.05, 0) is 51.8 Å². The standard InChI is InChI=1S/C22H28FN3O7S/c1-22(2,3)32-21(27)26-14-8-16(9-15(26)11-30-10-14)31-12-19-24-20(25-33-19)13-5-6-18(17(23)7-13)34(4,28)29/h5-7,14-16H,8-12H2,1-4H3. The first-order chi connectivity index (χ1) is 15.9. The number of aromatic nitrogens is 2. The van der Waals surface area contributed by atoms with Crippen LogP contribution in [0.15, 0.2) is 27.6 Å². The second-order valence-electron chi connectivity index (χ2n) is 9.57. The zero-order valence-electron chi connectivity index (χ0n) is 19.5. The van der Waals surface area contributed by atoms with Gasteiger partial charge in [0, 0.05) is 11.8 Å². The summed E-state index contributed by atoms with van der Waals surface area (Å²) < 4.78 is 59.8. The highest BCUT2D eigenvalue weighted by atomic mass is 32.2. The lowest BCUT2D eigenvalue weighted by Crippen LogP contribution is -2.61. The number of rotatable bonds is 5. The molecular formula is C22H28FN3O7S. The third-order valence-electron chi connectivity index (χ3n) is 5.58. The highest BCUT2D eigenvalue weighted by Gasteiger charge is 2.43. The molecule has 2 saturated heterocycles. The van der Waals surface area contributed by atoms with Crippen LogP contribution in [0, 0.1) is 5.82 Å². The fourth-order valence-corrected chi connectivity index (χ4v) is 4.90. The number of hydrogen-bond acceptors (Lipinski definition) is 9. The van der Waals surface area contributed by atoms with E-state index >= 15 is 0 Å². The van der Waals surface area contributed by atoms with Gasteiger partial charge in [0.05, 0.1) is 31.4 Å². The molecule has 2 fully saturated rings. The molecule has 12 heteroatoms. The molecule has 1 aromatic carbocycles. The Kier molecular flexibility index (Phi) is 6.67. The van der Waals surface area contributed by atoms with Crippen LogP contribution < -0.4 is 0 Å². The van der Waals surface area contributed by atoms with Gasteiger partial charge < -0.3 is 18.7 Å². The average molecular weight is 498 g/mol. The van der Waals surface area contributed by atoms with Crippen molar-refractivity contribution in [1.82, 2.24) is 15.0 Å². The first-order valence-electron chi connectivity index (χ1n) is 10.9. The number of ether oxygens (including phenoxy) is 3. The van der Waals surface area contributed by atoms with E-state index in [1.807, 2.05) is 20.8 Å². The molecule has 2 atom stereocenters. The van der Waals surface area contributed by atoms with Gasteiger partial charge in [0.2, 0.25) is 5.82 Å². The molecule has 2 bridgehead atoms. The molecular weight excluding hydrogens is 469 g/mol. The van der Waals surface area contributed by atoms with Crippen molar-refractivity contribution in [3.05, 3.63) is 29.9 Å². The smallest absolute Gasteiger partial charge is 0.410 e. The predicted molar refractivity (Wildman–Crippen MR) is 117 cm³/mol. The van der Waals surface area contributed by atoms with Crippen LogP contribution in [0.4, 0.5) is 9.18 Å². The second-order valence-corrected chi connectivity index (χ2v) is 11.6. The average Bonchev–Trinajstić information content (AvgIpc) is 3.18. The van der Waals surface area contributed by atoms with Crippen LogP contribution in [0.2, 0.25) is 0 Å². The largest absolute Gasteiger partial charge is 0.444 e. The number of carbonyl (C=O) groups is 1. The maximum atomic E-state index is 14.2. The van der Waals surface area contributed by atoms with E-state index in [9.17, 15) is 17.6 Å². The summed E-state index contributed by atoms with van der Waals surface area (Å²) in [7, 11) is -3.67. The Hall–Kier alpha value is -2.57. The summed E-state index contributed by atoms with van der Waals surface area (Å²) in [6, 6.07) is 3.34. The van der Waals surface area contributed by atoms with Crippen molar-refractivity contribution in [2.45, 2.75) is 68.9 Å². The van der Waals surface area contributed by atoms with Crippen molar-refractivity contribution in [1.29, 1.82) is 0 Å². The van der Waals surface area contributed by atoms with E-state index in [0.29, 0.717) is 26.1 Å². The molecule has 0 spiro atoms. The van der Waals surface area contributed by atoms with E-state index in [2.05, 4.69) is 10.1 Å². The molecule has 0 radical (unpaired) electrons. The molecule has 0 aliphatic carbocycles. The van der Waals surface area contributed by atoms with E-state index in [-0.39, 0.29) is 48.2 Å². The summed E-state index contributed by atoms with van der Waals surface area (Å²) in [5.41, 5.74) is -0.291. The van der Waals surface area contributed by atoms with E-state index < -0.39 is 26.2 Å². The number of halogens is 1. The zero-order valence-corrected chi connectivity index (χ0v) is 20.3. The lowest BCUT2D eigenvalue weighted by atomic mass is 9.92. The fraction of sp³-hybridized carbons (Fsp3) is 0.591. The molecule has 10 nitrogen and oxygen atoms in total. The number of fused-ring (bicyclic) bond motifs is 2. The fourth-order valence-electron chi connectivity index (χ4n) is 4.17. The Labute approximate surface area is 197 Å². The minimum absolute atomic E-state index is 0.0499. The number of carbonyl (C=O) groups excluding carboxylic acids is 1. The van der Waals surface area contributed by atoms with Crippen LogP contribution in [0.25, 0.3) is 11.4 Å². The summed E-state index contributed by atoms with van der Waals surface area (Å²) in [6.45, 7) is 6.37. The molecule has 4 rings (SSSR count). The second kappa shape index (κ2) is 9.23. The number of amides is 1. The Bertz CT molecular complexity index is 1150. The van der Waals surface area contributed by atoms with E-state index in [1.165, 1.54) is 12.1 Å². The molecule has 1 amide bonds. The van der Waals surface area contributed by atoms with Crippen LogP contribution in [0.3, 0.4) is 0 Å². The van der Waals surface area contributed by atoms with Gasteiger partial charge in [-0.1, -0.05) is 5.16 Å². The van der Waals surface area contributed by atoms with Crippen LogP contribution in [-0.2, 0) is 30.7 Å². The van der Waals surface area contributed by atoms with Crippen molar-refractivity contribution in [2.24, 2.45) is 0 Å². The summed E-state index contributed by atoms with van der Waals surface area (Å²) in [5.74, 6) is -0.547. The summed E-state index contributed by atoms with van der Waals surface area (Å²) in [6.07, 6.45) is 1.61. The van der Waals surface area contributed by atoms with Gasteiger partial charge in [-0.25, -0.2) is 17.6 Å². The highest BCUT2D eigenvalue weighted by molar-refractivity contribution is 7.90. The van der Waals surface area contributed by atoms with Gasteiger partial charge in [0.15, 0.2) is 9.84 Å². The van der Waals surface area contributed by atoms with E-state index in [4.69, 9.17) is 18.7 Å². The molecule has 1 aromatic heterocycles. The summed E-state index contributed by atoms with van der Waals surface area (Å²) in [5, 5.41) is 3.84. The third-order valence-corrected chi connectivity index (χ3v) is 6.71. The number of benzene rings is 1. The van der Waals surface area contributed by atoms with Crippen LogP contribution in [-0.4, -0.2) is 72.8 Å². The lowest BCUT2D eigenvalue weighted by Gasteiger charge is -2.47. The molecule has 2 unspecified atom stereocenters. The van der Waals surface area contributed by atoms with Crippen LogP contribution in [0.1, 0.15) is 39.5 Å². The third kappa shape index (κ3) is 5.56. The van der Waals surface area contributed by atoms with Crippen molar-refractivity contribution in [3.8, 4) is 11.4 Å². The molecule has 2 aromatic rings. The van der Waals surface area contributed by atoms with Gasteiger partial charge in [-0.2, -0.15) is 4.98 Å². The SMILES string of the molecule is CC(C)(C)OC(=O)N1C2COCC1CC(OCc1nc(-c3ccc(S(C)(=O)=O)c(F)c3)no1)C2. The minimum Gasteiger partial charge on any atom is -0.444 e. The number of morpholine rings is 1. The van der Waals surface area contributed by atoms with Gasteiger partial charge in [0.25, 0.3) is 5.89 Å². The van der Waals surface area contributed by atoms with E-state index in [1.54, 1.807) is 4.90 Å². The predicted octanol–water partition coefficient (Wildman–Crippen LogP) is 2.96. The van der Waals surface area contributed by atoms with Crippen molar-refractivity contribution < 1.29 is 36.3 Å². The van der Waals surface area contributed by atoms with Crippen LogP contribution in [0.5, 0.6) is 0 Å². The van der Waals surface area contributed by atoms with Gasteiger partial charge in [0.1, 0.15) is 22.9 Å². The lowest BCUT2D eigenvalue weighted by molar-refractivity contribution is -0.121. The quantitative estimate of drug-likeness (QED) is 0.614. The number of piperidine rings is 1. The monoisotopic (exact) mass is 497 g/mol. The molecule has 34 heavy (non-hydrogen) atoms. The Morgan fingerprint density at radius 2 is 1.91 bits per heavy atom. The minimum atomic E-state index is -3.67. The maximum absolute atomic E-state index is 14.2. The molecule has 2 aliphatic heterocycles. The summed E-state index contributed by atoms with van der Waals surface area (Å²) >= 11 is 0. The van der Waals surface area contributed by atoms with Gasteiger partial charge in [-0.3, -0.25) is 4.90 Å². The Morgan fingerprint density at radius 1 is 1.24 bits per heavy atom. The Morgan fingerprint density at radius 3 is 2.50 bits per heavy atom. The molecule has 0 N–H and O–H groups in total. The van der Waals surface area contributed by atoms with Crippen molar-refractivity contribution in [2.75, 3.05) is 19.5 Å². The summed E-state index contributed by atoms with van der Waals surface area (Å²) in [4.78, 5) is 18.3. The molecule has 0 saturated carbocycles.